The van der Waals surface area contributed by atoms with E-state index in [1.807, 2.05) is 24.3 Å². The number of phenols is 1. The van der Waals surface area contributed by atoms with E-state index in [9.17, 15) is 9.90 Å². The number of methoxy groups -OCH3 is 1. The van der Waals surface area contributed by atoms with Gasteiger partial charge < -0.3 is 23.4 Å². The molecule has 26 heavy (non-hydrogen) atoms. The van der Waals surface area contributed by atoms with Crippen molar-refractivity contribution in [2.24, 2.45) is 0 Å². The molecule has 0 saturated heterocycles. The van der Waals surface area contributed by atoms with Gasteiger partial charge in [-0.05, 0) is 30.7 Å². The Balaban J connectivity index is 1.85. The zero-order chi connectivity index (χ0) is 18.3. The summed E-state index contributed by atoms with van der Waals surface area (Å²) in [5.74, 6) is 1.28. The maximum atomic E-state index is 12.4. The molecular weight excluding hydrogens is 336 g/mol. The van der Waals surface area contributed by atoms with Crippen molar-refractivity contribution in [3.63, 3.8) is 0 Å². The van der Waals surface area contributed by atoms with Crippen LogP contribution >= 0.6 is 0 Å². The number of rotatable bonds is 4. The zero-order valence-electron chi connectivity index (χ0n) is 14.2. The Kier molecular flexibility index (Phi) is 3.80. The number of hydrogen-bond donors (Lipinski definition) is 1. The number of ether oxygens (including phenoxy) is 2. The second kappa shape index (κ2) is 6.15. The molecule has 2 aromatic carbocycles. The van der Waals surface area contributed by atoms with Gasteiger partial charge in [0.15, 0.2) is 16.6 Å². The molecular formula is C20H16O6. The highest BCUT2D eigenvalue weighted by Gasteiger charge is 2.22. The summed E-state index contributed by atoms with van der Waals surface area (Å²) in [5, 5.41) is 10.9. The highest BCUT2D eigenvalue weighted by molar-refractivity contribution is 6.06. The van der Waals surface area contributed by atoms with Crippen molar-refractivity contribution in [3.05, 3.63) is 64.2 Å². The van der Waals surface area contributed by atoms with Crippen LogP contribution in [-0.2, 0) is 6.61 Å². The fourth-order valence-electron chi connectivity index (χ4n) is 2.91. The maximum absolute atomic E-state index is 12.4. The minimum Gasteiger partial charge on any atom is -0.506 e. The smallest absolute Gasteiger partial charge is 0.206 e. The average molecular weight is 352 g/mol. The van der Waals surface area contributed by atoms with Crippen molar-refractivity contribution in [2.75, 3.05) is 7.11 Å². The van der Waals surface area contributed by atoms with Gasteiger partial charge in [-0.3, -0.25) is 4.79 Å². The number of aryl methyl sites for hydroxylation is 1. The molecule has 0 aliphatic heterocycles. The first-order valence-corrected chi connectivity index (χ1v) is 8.01. The van der Waals surface area contributed by atoms with Crippen molar-refractivity contribution in [2.45, 2.75) is 13.5 Å². The van der Waals surface area contributed by atoms with Crippen molar-refractivity contribution in [1.82, 2.24) is 0 Å². The van der Waals surface area contributed by atoms with Crippen LogP contribution in [0.15, 0.2) is 56.3 Å². The molecule has 0 bridgehead atoms. The van der Waals surface area contributed by atoms with Gasteiger partial charge in [0.1, 0.15) is 29.3 Å². The molecule has 0 amide bonds. The van der Waals surface area contributed by atoms with Crippen molar-refractivity contribution in [3.8, 4) is 17.2 Å². The van der Waals surface area contributed by atoms with Crippen LogP contribution in [0.3, 0.4) is 0 Å². The van der Waals surface area contributed by atoms with Gasteiger partial charge in [0.2, 0.25) is 5.75 Å². The molecule has 0 fully saturated rings. The molecule has 4 rings (SSSR count). The minimum absolute atomic E-state index is 0.0780. The normalized spacial score (nSPS) is 11.2. The van der Waals surface area contributed by atoms with E-state index < -0.39 is 0 Å². The van der Waals surface area contributed by atoms with Gasteiger partial charge in [0.05, 0.1) is 18.8 Å². The van der Waals surface area contributed by atoms with Crippen LogP contribution in [0, 0.1) is 6.92 Å². The molecule has 6 nitrogen and oxygen atoms in total. The molecule has 0 saturated carbocycles. The van der Waals surface area contributed by atoms with E-state index in [-0.39, 0.29) is 34.5 Å². The predicted octanol–water partition coefficient (Wildman–Crippen LogP) is 4.14. The second-order valence-electron chi connectivity index (χ2n) is 5.90. The molecule has 1 N–H and O–H groups in total. The third-order valence-corrected chi connectivity index (χ3v) is 4.18. The summed E-state index contributed by atoms with van der Waals surface area (Å²) < 4.78 is 22.2. The van der Waals surface area contributed by atoms with Crippen molar-refractivity contribution < 1.29 is 23.4 Å². The lowest BCUT2D eigenvalue weighted by atomic mass is 10.1. The first kappa shape index (κ1) is 16.1. The van der Waals surface area contributed by atoms with Crippen LogP contribution in [0.25, 0.3) is 21.9 Å². The standard InChI is InChI=1S/C20H16O6/c1-11-9-15(21)16-17(22)14-7-8-24-18(14)20(19(16)26-11)25-10-12-3-5-13(23-2)6-4-12/h3-9,22H,10H2,1-2H3. The number of benzene rings is 2. The van der Waals surface area contributed by atoms with E-state index in [1.54, 1.807) is 20.1 Å². The summed E-state index contributed by atoms with van der Waals surface area (Å²) in [4.78, 5) is 12.4. The number of furan rings is 1. The summed E-state index contributed by atoms with van der Waals surface area (Å²) in [7, 11) is 1.60. The van der Waals surface area contributed by atoms with Crippen LogP contribution in [0.5, 0.6) is 17.2 Å². The lowest BCUT2D eigenvalue weighted by molar-refractivity contribution is 0.303. The number of hydrogen-bond acceptors (Lipinski definition) is 6. The quantitative estimate of drug-likeness (QED) is 0.594. The van der Waals surface area contributed by atoms with Gasteiger partial charge in [0.25, 0.3) is 0 Å². The summed E-state index contributed by atoms with van der Waals surface area (Å²) in [6.45, 7) is 1.90. The maximum Gasteiger partial charge on any atom is 0.206 e. The fraction of sp³-hybridized carbons (Fsp3) is 0.150. The number of phenolic OH excluding ortho intramolecular Hbond substituents is 1. The summed E-state index contributed by atoms with van der Waals surface area (Å²) in [6, 6.07) is 10.3. The molecule has 2 heterocycles. The Hall–Kier alpha value is -3.41. The molecule has 0 unspecified atom stereocenters. The lowest BCUT2D eigenvalue weighted by Gasteiger charge is -2.11. The monoisotopic (exact) mass is 352 g/mol. The van der Waals surface area contributed by atoms with Gasteiger partial charge in [-0.15, -0.1) is 0 Å². The van der Waals surface area contributed by atoms with Gasteiger partial charge in [0, 0.05) is 6.07 Å². The predicted molar refractivity (Wildman–Crippen MR) is 96.0 cm³/mol. The Morgan fingerprint density at radius 2 is 1.88 bits per heavy atom. The SMILES string of the molecule is COc1ccc(COc2c3occc3c(O)c3c(=O)cc(C)oc23)cc1. The van der Waals surface area contributed by atoms with Gasteiger partial charge in [-0.1, -0.05) is 12.1 Å². The Bertz CT molecular complexity index is 1150. The van der Waals surface area contributed by atoms with Crippen molar-refractivity contribution in [1.29, 1.82) is 0 Å². The van der Waals surface area contributed by atoms with Gasteiger partial charge in [-0.2, -0.15) is 0 Å². The molecule has 0 radical (unpaired) electrons. The summed E-state index contributed by atoms with van der Waals surface area (Å²) in [5.41, 5.74) is 1.07. The fourth-order valence-corrected chi connectivity index (χ4v) is 2.91. The molecule has 0 aliphatic carbocycles. The molecule has 0 spiro atoms. The van der Waals surface area contributed by atoms with Crippen LogP contribution in [0.4, 0.5) is 0 Å². The zero-order valence-corrected chi connectivity index (χ0v) is 14.2. The van der Waals surface area contributed by atoms with E-state index in [0.29, 0.717) is 16.7 Å². The highest BCUT2D eigenvalue weighted by Crippen LogP contribution is 2.41. The topological polar surface area (TPSA) is 82.0 Å². The average Bonchev–Trinajstić information content (AvgIpc) is 3.11. The van der Waals surface area contributed by atoms with E-state index >= 15 is 0 Å². The molecule has 4 aromatic rings. The van der Waals surface area contributed by atoms with E-state index in [0.717, 1.165) is 11.3 Å². The molecule has 6 heteroatoms. The Labute approximate surface area is 148 Å². The van der Waals surface area contributed by atoms with Crippen LogP contribution in [0.1, 0.15) is 11.3 Å². The lowest BCUT2D eigenvalue weighted by Crippen LogP contribution is -2.03. The molecule has 2 aromatic heterocycles. The van der Waals surface area contributed by atoms with Gasteiger partial charge >= 0.3 is 0 Å². The van der Waals surface area contributed by atoms with Crippen LogP contribution in [0.2, 0.25) is 0 Å². The first-order chi connectivity index (χ1) is 12.6. The summed E-state index contributed by atoms with van der Waals surface area (Å²) in [6.07, 6.45) is 1.43. The second-order valence-corrected chi connectivity index (χ2v) is 5.90. The summed E-state index contributed by atoms with van der Waals surface area (Å²) >= 11 is 0. The van der Waals surface area contributed by atoms with E-state index in [1.165, 1.54) is 12.3 Å². The molecule has 0 atom stereocenters. The van der Waals surface area contributed by atoms with Crippen LogP contribution < -0.4 is 14.9 Å². The number of fused-ring (bicyclic) bond motifs is 2. The third kappa shape index (κ3) is 2.56. The van der Waals surface area contributed by atoms with E-state index in [2.05, 4.69) is 0 Å². The van der Waals surface area contributed by atoms with Crippen LogP contribution in [-0.4, -0.2) is 12.2 Å². The molecule has 0 aliphatic rings. The third-order valence-electron chi connectivity index (χ3n) is 4.18. The molecule has 132 valence electrons. The minimum atomic E-state index is -0.335. The number of aromatic hydroxyl groups is 1. The first-order valence-electron chi connectivity index (χ1n) is 8.01. The van der Waals surface area contributed by atoms with E-state index in [4.69, 9.17) is 18.3 Å². The Morgan fingerprint density at radius 1 is 1.12 bits per heavy atom. The highest BCUT2D eigenvalue weighted by atomic mass is 16.5. The van der Waals surface area contributed by atoms with Gasteiger partial charge in [-0.25, -0.2) is 0 Å². The Morgan fingerprint density at radius 3 is 2.62 bits per heavy atom. The largest absolute Gasteiger partial charge is 0.506 e. The van der Waals surface area contributed by atoms with Crippen molar-refractivity contribution >= 4 is 21.9 Å².